The quantitative estimate of drug-likeness (QED) is 0.0335. The van der Waals surface area contributed by atoms with Crippen LogP contribution in [0.15, 0.2) is 300 Å². The zero-order chi connectivity index (χ0) is 71.4. The maximum atomic E-state index is 12.9. The van der Waals surface area contributed by atoms with Crippen molar-refractivity contribution in [3.8, 4) is 11.8 Å². The van der Waals surface area contributed by atoms with Crippen LogP contribution in [0, 0.1) is 0 Å². The SMILES string of the molecule is CN(CCC(=O)c1ccccc1)Cc1ccccc1.CNCCC(O)(c1ccccc1)C(c1ccccc1)c1cc2cc(Br)ccc2nc1OC.COc1nc2ccc(Br)cc2cc1C(c1ccccc1)C(O)(CCN(C)Cc1ccccc1)c1ccccc1.O=C(CCCl)c1ccccc1. The Morgan fingerprint density at radius 2 is 0.812 bits per heavy atom. The highest BCUT2D eigenvalue weighted by atomic mass is 79.9. The summed E-state index contributed by atoms with van der Waals surface area (Å²) in [4.78, 5) is 37.2. The van der Waals surface area contributed by atoms with Gasteiger partial charge >= 0.3 is 0 Å². The summed E-state index contributed by atoms with van der Waals surface area (Å²) >= 11 is 12.6. The molecule has 0 aliphatic rings. The predicted molar refractivity (Wildman–Crippen MR) is 419 cm³/mol. The number of methoxy groups -OCH3 is 2. The first-order valence-corrected chi connectivity index (χ1v) is 36.0. The van der Waals surface area contributed by atoms with Crippen molar-refractivity contribution in [1.29, 1.82) is 0 Å². The van der Waals surface area contributed by atoms with Crippen LogP contribution in [0.1, 0.15) is 103 Å². The van der Waals surface area contributed by atoms with Gasteiger partial charge in [0.05, 0.1) is 25.3 Å². The number of Topliss-reactive ketones (excluding diaryl/α,β-unsaturated/α-hetero) is 2. The molecule has 101 heavy (non-hydrogen) atoms. The number of hydrogen-bond donors (Lipinski definition) is 3. The second kappa shape index (κ2) is 38.7. The van der Waals surface area contributed by atoms with Crippen LogP contribution in [0.2, 0.25) is 0 Å². The minimum absolute atomic E-state index is 0.112. The van der Waals surface area contributed by atoms with Crippen LogP contribution >= 0.6 is 43.5 Å². The second-order valence-corrected chi connectivity index (χ2v) is 27.1. The van der Waals surface area contributed by atoms with Gasteiger partial charge in [0.1, 0.15) is 11.2 Å². The van der Waals surface area contributed by atoms with Crippen LogP contribution in [-0.2, 0) is 24.3 Å². The van der Waals surface area contributed by atoms with Gasteiger partial charge in [-0.15, -0.1) is 11.6 Å². The summed E-state index contributed by atoms with van der Waals surface area (Å²) in [7, 11) is 9.33. The number of pyridine rings is 2. The van der Waals surface area contributed by atoms with E-state index in [2.05, 4.69) is 133 Å². The molecule has 518 valence electrons. The summed E-state index contributed by atoms with van der Waals surface area (Å²) < 4.78 is 13.6. The number of nitrogens with zero attached hydrogens (tertiary/aromatic N) is 4. The lowest BCUT2D eigenvalue weighted by Gasteiger charge is -2.39. The molecule has 0 saturated heterocycles. The van der Waals surface area contributed by atoms with E-state index in [9.17, 15) is 19.8 Å². The fraction of sp³-hybridized carbons (Fsp3) is 0.218. The zero-order valence-electron chi connectivity index (χ0n) is 57.9. The minimum atomic E-state index is -1.23. The van der Waals surface area contributed by atoms with Crippen LogP contribution in [-0.4, -0.2) is 102 Å². The number of ketones is 2. The predicted octanol–water partition coefficient (Wildman–Crippen LogP) is 19.1. The summed E-state index contributed by atoms with van der Waals surface area (Å²) in [5.41, 5.74) is 8.78. The number of carbonyl (C=O) groups is 2. The molecule has 10 aromatic carbocycles. The van der Waals surface area contributed by atoms with Crippen molar-refractivity contribution in [1.82, 2.24) is 25.1 Å². The molecule has 0 aliphatic heterocycles. The highest BCUT2D eigenvalue weighted by molar-refractivity contribution is 9.10. The Kier molecular flexibility index (Phi) is 29.2. The third-order valence-corrected chi connectivity index (χ3v) is 18.9. The molecule has 11 nitrogen and oxygen atoms in total. The molecule has 0 bridgehead atoms. The Morgan fingerprint density at radius 3 is 1.19 bits per heavy atom. The van der Waals surface area contributed by atoms with Gasteiger partial charge < -0.3 is 34.8 Å². The van der Waals surface area contributed by atoms with Crippen molar-refractivity contribution in [2.75, 3.05) is 60.9 Å². The number of nitrogens with one attached hydrogen (secondary N) is 1. The van der Waals surface area contributed by atoms with E-state index in [1.807, 2.05) is 214 Å². The maximum Gasteiger partial charge on any atom is 0.217 e. The van der Waals surface area contributed by atoms with Crippen molar-refractivity contribution in [3.05, 3.63) is 356 Å². The summed E-state index contributed by atoms with van der Waals surface area (Å²) in [6.07, 6.45) is 2.02. The second-order valence-electron chi connectivity index (χ2n) is 24.9. The number of aliphatic hydroxyl groups is 2. The normalized spacial score (nSPS) is 12.8. The molecule has 4 atom stereocenters. The molecule has 3 N–H and O–H groups in total. The van der Waals surface area contributed by atoms with Gasteiger partial charge in [0.15, 0.2) is 11.6 Å². The number of carbonyl (C=O) groups excluding carboxylic acids is 2. The van der Waals surface area contributed by atoms with Crippen LogP contribution in [0.4, 0.5) is 0 Å². The number of alkyl halides is 1. The van der Waals surface area contributed by atoms with Crippen molar-refractivity contribution in [3.63, 3.8) is 0 Å². The fourth-order valence-electron chi connectivity index (χ4n) is 12.7. The molecule has 2 heterocycles. The minimum Gasteiger partial charge on any atom is -0.481 e. The van der Waals surface area contributed by atoms with E-state index in [0.717, 1.165) is 94.9 Å². The lowest BCUT2D eigenvalue weighted by atomic mass is 9.71. The fourth-order valence-corrected chi connectivity index (χ4v) is 13.6. The van der Waals surface area contributed by atoms with E-state index in [-0.39, 0.29) is 17.5 Å². The van der Waals surface area contributed by atoms with Gasteiger partial charge in [-0.05, 0) is 122 Å². The molecule has 0 amide bonds. The van der Waals surface area contributed by atoms with E-state index in [0.29, 0.717) is 56.4 Å². The zero-order valence-corrected chi connectivity index (χ0v) is 61.8. The Bertz CT molecular complexity index is 4480. The van der Waals surface area contributed by atoms with Crippen LogP contribution in [0.25, 0.3) is 21.8 Å². The van der Waals surface area contributed by atoms with Gasteiger partial charge in [-0.1, -0.05) is 275 Å². The summed E-state index contributed by atoms with van der Waals surface area (Å²) in [6, 6.07) is 95.8. The Morgan fingerprint density at radius 1 is 0.465 bits per heavy atom. The molecule has 0 spiro atoms. The lowest BCUT2D eigenvalue weighted by Crippen LogP contribution is -2.38. The molecular weight excluding hydrogens is 1410 g/mol. The first-order chi connectivity index (χ1) is 49.1. The molecule has 0 aliphatic carbocycles. The van der Waals surface area contributed by atoms with Gasteiger partial charge in [-0.2, -0.15) is 0 Å². The van der Waals surface area contributed by atoms with Crippen LogP contribution in [0.5, 0.6) is 11.8 Å². The van der Waals surface area contributed by atoms with Gasteiger partial charge in [-0.3, -0.25) is 9.59 Å². The average molecular weight is 1490 g/mol. The van der Waals surface area contributed by atoms with Crippen molar-refractivity contribution in [2.24, 2.45) is 0 Å². The molecule has 0 radical (unpaired) electrons. The molecule has 0 fully saturated rings. The number of ether oxygens (including phenoxy) is 2. The van der Waals surface area contributed by atoms with Crippen molar-refractivity contribution >= 4 is 76.8 Å². The highest BCUT2D eigenvalue weighted by Crippen LogP contribution is 2.49. The van der Waals surface area contributed by atoms with E-state index in [1.54, 1.807) is 26.4 Å². The summed E-state index contributed by atoms with van der Waals surface area (Å²) in [5, 5.41) is 30.5. The number of rotatable bonds is 27. The number of benzene rings is 10. The van der Waals surface area contributed by atoms with Crippen LogP contribution < -0.4 is 14.8 Å². The Labute approximate surface area is 617 Å². The first kappa shape index (κ1) is 76.2. The van der Waals surface area contributed by atoms with Crippen molar-refractivity contribution in [2.45, 2.75) is 61.8 Å². The third kappa shape index (κ3) is 21.3. The lowest BCUT2D eigenvalue weighted by molar-refractivity contribution is 0.00168. The standard InChI is InChI=1S/C34H33BrN2O2.C27H27BrN2O2.C17H19NO.C9H9ClO/c1-37(24-25-12-6-3-7-13-25)21-20-34(38,28-16-10-5-11-17-28)32(26-14-8-4-9-15-26)30-23-27-22-29(35)18-19-31(27)36-33(30)39-2;1-29-16-15-27(31,21-11-7-4-8-12-21)25(19-9-5-3-6-10-19)23-18-20-17-22(28)13-14-24(20)30-26(23)32-2;1-18(14-15-8-4-2-5-9-15)13-12-17(19)16-10-6-3-7-11-16;10-7-6-9(11)8-4-2-1-3-5-8/h3-19,22-23,32,38H,20-21,24H2,1-2H3;3-14,17-18,25,29,31H,15-16H2,1-2H3;2-11H,12-14H2,1H3;1-5H,6-7H2. The number of fused-ring (bicyclic) bond motifs is 2. The molecule has 4 unspecified atom stereocenters. The topological polar surface area (TPSA) is 137 Å². The highest BCUT2D eigenvalue weighted by Gasteiger charge is 2.44. The molecule has 14 heteroatoms. The third-order valence-electron chi connectivity index (χ3n) is 17.8. The summed E-state index contributed by atoms with van der Waals surface area (Å²) in [5.74, 6) is 0.954. The van der Waals surface area contributed by atoms with E-state index >= 15 is 0 Å². The van der Waals surface area contributed by atoms with Gasteiger partial charge in [-0.25, -0.2) is 9.97 Å². The van der Waals surface area contributed by atoms with Gasteiger partial charge in [0, 0.05) is 98.7 Å². The first-order valence-electron chi connectivity index (χ1n) is 33.9. The van der Waals surface area contributed by atoms with E-state index < -0.39 is 17.1 Å². The van der Waals surface area contributed by atoms with Crippen molar-refractivity contribution < 1.29 is 29.3 Å². The smallest absolute Gasteiger partial charge is 0.217 e. The monoisotopic (exact) mass is 1490 g/mol. The Balaban J connectivity index is 0.000000171. The molecule has 12 aromatic rings. The largest absolute Gasteiger partial charge is 0.481 e. The van der Waals surface area contributed by atoms with Gasteiger partial charge in [0.2, 0.25) is 11.8 Å². The van der Waals surface area contributed by atoms with E-state index in [1.165, 1.54) is 11.1 Å². The molecule has 12 rings (SSSR count). The van der Waals surface area contributed by atoms with E-state index in [4.69, 9.17) is 31.0 Å². The maximum absolute atomic E-state index is 12.9. The molecule has 2 aromatic heterocycles. The van der Waals surface area contributed by atoms with Crippen LogP contribution in [0.3, 0.4) is 0 Å². The molecular formula is C87H88Br2ClN5O6. The number of halogens is 3. The molecule has 0 saturated carbocycles. The average Bonchev–Trinajstić information content (AvgIpc) is 0.757. The Hall–Kier alpha value is -8.99. The number of hydrogen-bond acceptors (Lipinski definition) is 11. The number of aromatic nitrogens is 2. The summed E-state index contributed by atoms with van der Waals surface area (Å²) in [6.45, 7) is 3.81. The van der Waals surface area contributed by atoms with Gasteiger partial charge in [0.25, 0.3) is 0 Å².